The van der Waals surface area contributed by atoms with Crippen LogP contribution in [0, 0.1) is 11.8 Å². The Bertz CT molecular complexity index is 1020. The van der Waals surface area contributed by atoms with E-state index in [0.29, 0.717) is 36.8 Å². The Morgan fingerprint density at radius 2 is 2.07 bits per heavy atom. The molecule has 0 saturated carbocycles. The van der Waals surface area contributed by atoms with Crippen molar-refractivity contribution in [3.63, 3.8) is 0 Å². The van der Waals surface area contributed by atoms with Crippen molar-refractivity contribution < 1.29 is 14.0 Å². The molecule has 1 fully saturated rings. The van der Waals surface area contributed by atoms with Gasteiger partial charge in [-0.1, -0.05) is 18.5 Å². The standard InChI is InChI=1S/C23H26ClN3O3/c1-15(22(28)25-9-6-19-3-2-12-30-19)16-7-10-27(11-8-16)23(29)21-14-17-13-18(24)4-5-20(17)26-21/h2-5,12-16,26H,6-11H2,1H3,(H,25,28)/t15-/m0/s1. The number of hydrogen-bond acceptors (Lipinski definition) is 3. The Labute approximate surface area is 180 Å². The Kier molecular flexibility index (Phi) is 6.13. The second-order valence-electron chi connectivity index (χ2n) is 7.95. The Morgan fingerprint density at radius 1 is 1.27 bits per heavy atom. The molecule has 0 radical (unpaired) electrons. The van der Waals surface area contributed by atoms with Crippen molar-refractivity contribution in [3.05, 3.63) is 59.1 Å². The van der Waals surface area contributed by atoms with E-state index >= 15 is 0 Å². The Balaban J connectivity index is 1.28. The number of fused-ring (bicyclic) bond motifs is 1. The third-order valence-corrected chi connectivity index (χ3v) is 6.25. The van der Waals surface area contributed by atoms with Crippen molar-refractivity contribution in [1.82, 2.24) is 15.2 Å². The predicted octanol–water partition coefficient (Wildman–Crippen LogP) is 4.26. The molecule has 2 N–H and O–H groups in total. The van der Waals surface area contributed by atoms with Gasteiger partial charge in [0.1, 0.15) is 11.5 Å². The zero-order valence-electron chi connectivity index (χ0n) is 17.0. The summed E-state index contributed by atoms with van der Waals surface area (Å²) >= 11 is 6.04. The van der Waals surface area contributed by atoms with Crippen LogP contribution in [0.3, 0.4) is 0 Å². The number of aromatic nitrogens is 1. The van der Waals surface area contributed by atoms with Gasteiger partial charge in [0.2, 0.25) is 5.91 Å². The summed E-state index contributed by atoms with van der Waals surface area (Å²) < 4.78 is 5.29. The van der Waals surface area contributed by atoms with Gasteiger partial charge in [-0.3, -0.25) is 9.59 Å². The number of carbonyl (C=O) groups excluding carboxylic acids is 2. The second kappa shape index (κ2) is 8.96. The molecule has 0 spiro atoms. The number of likely N-dealkylation sites (tertiary alicyclic amines) is 1. The summed E-state index contributed by atoms with van der Waals surface area (Å²) in [6.45, 7) is 3.86. The smallest absolute Gasteiger partial charge is 0.270 e. The van der Waals surface area contributed by atoms with Crippen molar-refractivity contribution in [3.8, 4) is 0 Å². The van der Waals surface area contributed by atoms with Gasteiger partial charge in [0.25, 0.3) is 5.91 Å². The van der Waals surface area contributed by atoms with Crippen LogP contribution in [-0.4, -0.2) is 41.3 Å². The molecule has 1 atom stereocenters. The van der Waals surface area contributed by atoms with Crippen molar-refractivity contribution in [2.75, 3.05) is 19.6 Å². The highest BCUT2D eigenvalue weighted by Gasteiger charge is 2.30. The van der Waals surface area contributed by atoms with E-state index in [0.717, 1.165) is 29.5 Å². The van der Waals surface area contributed by atoms with Crippen LogP contribution in [0.15, 0.2) is 47.1 Å². The lowest BCUT2D eigenvalue weighted by Gasteiger charge is -2.34. The molecule has 3 aromatic rings. The van der Waals surface area contributed by atoms with Crippen LogP contribution in [-0.2, 0) is 11.2 Å². The molecule has 7 heteroatoms. The Morgan fingerprint density at radius 3 is 2.80 bits per heavy atom. The minimum atomic E-state index is -0.0749. The number of benzene rings is 1. The molecule has 30 heavy (non-hydrogen) atoms. The number of nitrogens with zero attached hydrogens (tertiary/aromatic N) is 1. The number of furan rings is 1. The van der Waals surface area contributed by atoms with Gasteiger partial charge in [0, 0.05) is 47.9 Å². The summed E-state index contributed by atoms with van der Waals surface area (Å²) in [5, 5.41) is 4.58. The van der Waals surface area contributed by atoms with Crippen LogP contribution < -0.4 is 5.32 Å². The van der Waals surface area contributed by atoms with E-state index in [1.807, 2.05) is 42.2 Å². The summed E-state index contributed by atoms with van der Waals surface area (Å²) in [4.78, 5) is 30.4. The minimum Gasteiger partial charge on any atom is -0.469 e. The lowest BCUT2D eigenvalue weighted by atomic mass is 9.84. The maximum atomic E-state index is 12.9. The summed E-state index contributed by atoms with van der Waals surface area (Å²) in [6, 6.07) is 11.1. The van der Waals surface area contributed by atoms with E-state index in [1.165, 1.54) is 0 Å². The SMILES string of the molecule is C[C@H](C(=O)NCCc1ccco1)C1CCN(C(=O)c2cc3cc(Cl)ccc3[nH]2)CC1. The van der Waals surface area contributed by atoms with E-state index in [9.17, 15) is 9.59 Å². The quantitative estimate of drug-likeness (QED) is 0.616. The third kappa shape index (κ3) is 4.54. The largest absolute Gasteiger partial charge is 0.469 e. The first-order valence-corrected chi connectivity index (χ1v) is 10.8. The number of halogens is 1. The number of nitrogens with one attached hydrogen (secondary N) is 2. The molecule has 1 aliphatic rings. The number of piperidine rings is 1. The third-order valence-electron chi connectivity index (χ3n) is 6.01. The summed E-state index contributed by atoms with van der Waals surface area (Å²) in [7, 11) is 0. The molecule has 2 amide bonds. The van der Waals surface area contributed by atoms with Crippen LogP contribution >= 0.6 is 11.6 Å². The Hall–Kier alpha value is -2.73. The van der Waals surface area contributed by atoms with Crippen LogP contribution in [0.4, 0.5) is 0 Å². The zero-order chi connectivity index (χ0) is 21.1. The van der Waals surface area contributed by atoms with Crippen LogP contribution in [0.25, 0.3) is 10.9 Å². The molecule has 0 bridgehead atoms. The molecule has 6 nitrogen and oxygen atoms in total. The molecular formula is C23H26ClN3O3. The van der Waals surface area contributed by atoms with Gasteiger partial charge in [0.15, 0.2) is 0 Å². The summed E-state index contributed by atoms with van der Waals surface area (Å²) in [6.07, 6.45) is 3.98. The molecule has 3 heterocycles. The number of aromatic amines is 1. The average molecular weight is 428 g/mol. The van der Waals surface area contributed by atoms with Gasteiger partial charge in [-0.15, -0.1) is 0 Å². The van der Waals surface area contributed by atoms with Gasteiger partial charge in [-0.2, -0.15) is 0 Å². The minimum absolute atomic E-state index is 0.00340. The molecule has 4 rings (SSSR count). The summed E-state index contributed by atoms with van der Waals surface area (Å²) in [5.74, 6) is 1.14. The first-order valence-electron chi connectivity index (χ1n) is 10.4. The number of rotatable bonds is 6. The predicted molar refractivity (Wildman–Crippen MR) is 117 cm³/mol. The second-order valence-corrected chi connectivity index (χ2v) is 8.39. The van der Waals surface area contributed by atoms with E-state index in [-0.39, 0.29) is 23.7 Å². The van der Waals surface area contributed by atoms with Crippen LogP contribution in [0.5, 0.6) is 0 Å². The van der Waals surface area contributed by atoms with Gasteiger partial charge < -0.3 is 19.6 Å². The van der Waals surface area contributed by atoms with E-state index < -0.39 is 0 Å². The normalized spacial score (nSPS) is 16.0. The molecule has 158 valence electrons. The van der Waals surface area contributed by atoms with Crippen molar-refractivity contribution in [2.24, 2.45) is 11.8 Å². The number of H-pyrrole nitrogens is 1. The number of carbonyl (C=O) groups is 2. The average Bonchev–Trinajstić information content (AvgIpc) is 3.42. The lowest BCUT2D eigenvalue weighted by molar-refractivity contribution is -0.126. The van der Waals surface area contributed by atoms with Gasteiger partial charge in [-0.25, -0.2) is 0 Å². The fourth-order valence-corrected chi connectivity index (χ4v) is 4.31. The molecule has 0 aliphatic carbocycles. The molecule has 2 aromatic heterocycles. The number of hydrogen-bond donors (Lipinski definition) is 2. The molecule has 0 unspecified atom stereocenters. The van der Waals surface area contributed by atoms with Gasteiger partial charge in [-0.05, 0) is 55.2 Å². The van der Waals surface area contributed by atoms with E-state index in [1.54, 1.807) is 12.3 Å². The first-order chi connectivity index (χ1) is 14.5. The monoisotopic (exact) mass is 427 g/mol. The molecule has 1 aliphatic heterocycles. The highest BCUT2D eigenvalue weighted by Crippen LogP contribution is 2.27. The van der Waals surface area contributed by atoms with Crippen LogP contribution in [0.2, 0.25) is 5.02 Å². The van der Waals surface area contributed by atoms with E-state index in [4.69, 9.17) is 16.0 Å². The summed E-state index contributed by atoms with van der Waals surface area (Å²) in [5.41, 5.74) is 1.48. The fraction of sp³-hybridized carbons (Fsp3) is 0.391. The number of amides is 2. The molecule has 1 aromatic carbocycles. The van der Waals surface area contributed by atoms with Crippen molar-refractivity contribution in [2.45, 2.75) is 26.2 Å². The highest BCUT2D eigenvalue weighted by molar-refractivity contribution is 6.31. The maximum Gasteiger partial charge on any atom is 0.270 e. The first kappa shape index (κ1) is 20.5. The maximum absolute atomic E-state index is 12.9. The van der Waals surface area contributed by atoms with E-state index in [2.05, 4.69) is 10.3 Å². The highest BCUT2D eigenvalue weighted by atomic mass is 35.5. The lowest BCUT2D eigenvalue weighted by Crippen LogP contribution is -2.43. The van der Waals surface area contributed by atoms with Gasteiger partial charge >= 0.3 is 0 Å². The van der Waals surface area contributed by atoms with Crippen molar-refractivity contribution >= 4 is 34.3 Å². The van der Waals surface area contributed by atoms with Gasteiger partial charge in [0.05, 0.1) is 6.26 Å². The zero-order valence-corrected chi connectivity index (χ0v) is 17.7. The van der Waals surface area contributed by atoms with Crippen molar-refractivity contribution in [1.29, 1.82) is 0 Å². The topological polar surface area (TPSA) is 78.3 Å². The fourth-order valence-electron chi connectivity index (χ4n) is 4.13. The van der Waals surface area contributed by atoms with Crippen LogP contribution in [0.1, 0.15) is 36.0 Å². The molecule has 1 saturated heterocycles. The molecular weight excluding hydrogens is 402 g/mol.